The Morgan fingerprint density at radius 3 is 2.56 bits per heavy atom. The number of benzene rings is 1. The van der Waals surface area contributed by atoms with Crippen molar-refractivity contribution in [3.8, 4) is 0 Å². The molecule has 0 amide bonds. The Kier molecular flexibility index (Phi) is 3.78. The molecule has 4 nitrogen and oxygen atoms in total. The predicted molar refractivity (Wildman–Crippen MR) is 66.4 cm³/mol. The van der Waals surface area contributed by atoms with Gasteiger partial charge in [-0.25, -0.2) is 9.37 Å². The molecule has 0 spiro atoms. The van der Waals surface area contributed by atoms with Gasteiger partial charge in [0.2, 0.25) is 0 Å². The molecule has 0 unspecified atom stereocenters. The zero-order chi connectivity index (χ0) is 13.1. The Morgan fingerprint density at radius 1 is 1.33 bits per heavy atom. The first-order valence-electron chi connectivity index (χ1n) is 4.79. The number of nitro groups is 1. The van der Waals surface area contributed by atoms with Gasteiger partial charge in [0.05, 0.1) is 9.95 Å². The Labute approximate surface area is 111 Å². The van der Waals surface area contributed by atoms with Gasteiger partial charge < -0.3 is 0 Å². The molecule has 0 aliphatic carbocycles. The lowest BCUT2D eigenvalue weighted by Crippen LogP contribution is -1.88. The molecular weight excluding hydrogens is 279 g/mol. The van der Waals surface area contributed by atoms with E-state index in [1.807, 2.05) is 0 Å². The zero-order valence-electron chi connectivity index (χ0n) is 8.84. The van der Waals surface area contributed by atoms with E-state index in [-0.39, 0.29) is 15.7 Å². The van der Waals surface area contributed by atoms with Crippen molar-refractivity contribution in [1.82, 2.24) is 4.98 Å². The summed E-state index contributed by atoms with van der Waals surface area (Å²) in [5, 5.41) is 10.9. The fraction of sp³-hybridized carbons (Fsp3) is 0. The minimum Gasteiger partial charge on any atom is -0.258 e. The molecule has 0 aliphatic heterocycles. The number of non-ortho nitro benzene ring substituents is 1. The van der Waals surface area contributed by atoms with E-state index in [2.05, 4.69) is 4.98 Å². The van der Waals surface area contributed by atoms with E-state index in [1.165, 1.54) is 24.4 Å². The molecule has 1 aromatic carbocycles. The van der Waals surface area contributed by atoms with Gasteiger partial charge in [-0.15, -0.1) is 0 Å². The molecule has 0 fully saturated rings. The molecule has 2 rings (SSSR count). The summed E-state index contributed by atoms with van der Waals surface area (Å²) < 4.78 is 13.5. The fourth-order valence-corrected chi connectivity index (χ4v) is 2.13. The quantitative estimate of drug-likeness (QED) is 0.633. The Bertz CT molecular complexity index is 592. The maximum atomic E-state index is 13.5. The molecule has 2 aromatic rings. The lowest BCUT2D eigenvalue weighted by atomic mass is 10.3. The van der Waals surface area contributed by atoms with Gasteiger partial charge in [0.15, 0.2) is 5.82 Å². The summed E-state index contributed by atoms with van der Waals surface area (Å²) >= 11 is 6.66. The summed E-state index contributed by atoms with van der Waals surface area (Å²) in [7, 11) is 0. The number of hydrogen-bond acceptors (Lipinski definition) is 4. The standard InChI is InChI=1S/C11H6ClFN2O2S/c12-7-5-10(13)11(14-6-7)18-9-3-1-8(2-4-9)15(16)17/h1-6H. The zero-order valence-corrected chi connectivity index (χ0v) is 10.4. The maximum absolute atomic E-state index is 13.5. The van der Waals surface area contributed by atoms with E-state index >= 15 is 0 Å². The monoisotopic (exact) mass is 284 g/mol. The highest BCUT2D eigenvalue weighted by Crippen LogP contribution is 2.30. The molecule has 0 saturated heterocycles. The first kappa shape index (κ1) is 12.8. The van der Waals surface area contributed by atoms with Gasteiger partial charge in [-0.1, -0.05) is 23.4 Å². The maximum Gasteiger partial charge on any atom is 0.269 e. The van der Waals surface area contributed by atoms with Gasteiger partial charge in [0.25, 0.3) is 5.69 Å². The van der Waals surface area contributed by atoms with Gasteiger partial charge in [-0.05, 0) is 18.2 Å². The number of halogens is 2. The molecule has 0 bridgehead atoms. The van der Waals surface area contributed by atoms with Crippen molar-refractivity contribution in [2.24, 2.45) is 0 Å². The van der Waals surface area contributed by atoms with Gasteiger partial charge in [-0.2, -0.15) is 0 Å². The third kappa shape index (κ3) is 2.96. The molecule has 92 valence electrons. The van der Waals surface area contributed by atoms with E-state index in [0.717, 1.165) is 11.8 Å². The molecule has 0 atom stereocenters. The number of nitrogens with zero attached hydrogens (tertiary/aromatic N) is 2. The van der Waals surface area contributed by atoms with E-state index in [9.17, 15) is 14.5 Å². The topological polar surface area (TPSA) is 56.0 Å². The highest BCUT2D eigenvalue weighted by atomic mass is 35.5. The summed E-state index contributed by atoms with van der Waals surface area (Å²) in [6.45, 7) is 0. The SMILES string of the molecule is O=[N+]([O-])c1ccc(Sc2ncc(Cl)cc2F)cc1. The molecule has 1 aromatic heterocycles. The van der Waals surface area contributed by atoms with Crippen LogP contribution in [0.1, 0.15) is 0 Å². The lowest BCUT2D eigenvalue weighted by Gasteiger charge is -2.02. The Balaban J connectivity index is 2.21. The molecule has 0 N–H and O–H groups in total. The average molecular weight is 285 g/mol. The van der Waals surface area contributed by atoms with Crippen LogP contribution in [0.5, 0.6) is 0 Å². The highest BCUT2D eigenvalue weighted by molar-refractivity contribution is 7.99. The number of rotatable bonds is 3. The van der Waals surface area contributed by atoms with Crippen LogP contribution in [0.4, 0.5) is 10.1 Å². The van der Waals surface area contributed by atoms with E-state index in [0.29, 0.717) is 4.90 Å². The predicted octanol–water partition coefficient (Wildman–Crippen LogP) is 3.93. The second kappa shape index (κ2) is 5.32. The first-order chi connectivity index (χ1) is 8.56. The van der Waals surface area contributed by atoms with Gasteiger partial charge in [-0.3, -0.25) is 10.1 Å². The smallest absolute Gasteiger partial charge is 0.258 e. The summed E-state index contributed by atoms with van der Waals surface area (Å²) in [5.74, 6) is -0.522. The third-order valence-electron chi connectivity index (χ3n) is 2.04. The molecular formula is C11H6ClFN2O2S. The normalized spacial score (nSPS) is 10.3. The number of nitro benzene ring substituents is 1. The van der Waals surface area contributed by atoms with Crippen molar-refractivity contribution < 1.29 is 9.31 Å². The highest BCUT2D eigenvalue weighted by Gasteiger charge is 2.09. The summed E-state index contributed by atoms with van der Waals surface area (Å²) in [6.07, 6.45) is 1.35. The van der Waals surface area contributed by atoms with E-state index < -0.39 is 10.7 Å². The third-order valence-corrected chi connectivity index (χ3v) is 3.24. The fourth-order valence-electron chi connectivity index (χ4n) is 1.22. The summed E-state index contributed by atoms with van der Waals surface area (Å²) in [5.41, 5.74) is -0.0103. The van der Waals surface area contributed by atoms with Gasteiger partial charge >= 0.3 is 0 Å². The second-order valence-electron chi connectivity index (χ2n) is 3.29. The minimum absolute atomic E-state index is 0.0103. The number of aromatic nitrogens is 1. The van der Waals surface area contributed by atoms with Crippen molar-refractivity contribution in [2.45, 2.75) is 9.92 Å². The van der Waals surface area contributed by atoms with Crippen molar-refractivity contribution in [1.29, 1.82) is 0 Å². The van der Waals surface area contributed by atoms with Crippen molar-refractivity contribution >= 4 is 29.1 Å². The van der Waals surface area contributed by atoms with E-state index in [1.54, 1.807) is 12.1 Å². The molecule has 0 saturated carbocycles. The Hall–Kier alpha value is -1.66. The van der Waals surface area contributed by atoms with Crippen LogP contribution in [0.15, 0.2) is 46.5 Å². The van der Waals surface area contributed by atoms with Crippen LogP contribution in [-0.4, -0.2) is 9.91 Å². The number of pyridine rings is 1. The average Bonchev–Trinajstić information content (AvgIpc) is 2.33. The van der Waals surface area contributed by atoms with E-state index in [4.69, 9.17) is 11.6 Å². The Morgan fingerprint density at radius 2 is 2.00 bits per heavy atom. The lowest BCUT2D eigenvalue weighted by molar-refractivity contribution is -0.384. The molecule has 0 radical (unpaired) electrons. The second-order valence-corrected chi connectivity index (χ2v) is 4.79. The largest absolute Gasteiger partial charge is 0.269 e. The first-order valence-corrected chi connectivity index (χ1v) is 5.99. The summed E-state index contributed by atoms with van der Waals surface area (Å²) in [6, 6.07) is 6.96. The molecule has 0 aliphatic rings. The van der Waals surface area contributed by atoms with Crippen LogP contribution in [0.25, 0.3) is 0 Å². The van der Waals surface area contributed by atoms with Crippen molar-refractivity contribution in [3.63, 3.8) is 0 Å². The van der Waals surface area contributed by atoms with Crippen LogP contribution in [-0.2, 0) is 0 Å². The molecule has 18 heavy (non-hydrogen) atoms. The van der Waals surface area contributed by atoms with Gasteiger partial charge in [0.1, 0.15) is 5.03 Å². The minimum atomic E-state index is -0.522. The van der Waals surface area contributed by atoms with Crippen molar-refractivity contribution in [3.05, 3.63) is 57.5 Å². The van der Waals surface area contributed by atoms with Crippen LogP contribution in [0.3, 0.4) is 0 Å². The number of hydrogen-bond donors (Lipinski definition) is 0. The van der Waals surface area contributed by atoms with Gasteiger partial charge in [0, 0.05) is 23.2 Å². The van der Waals surface area contributed by atoms with Crippen LogP contribution in [0, 0.1) is 15.9 Å². The molecule has 1 heterocycles. The summed E-state index contributed by atoms with van der Waals surface area (Å²) in [4.78, 5) is 14.5. The van der Waals surface area contributed by atoms with Crippen LogP contribution >= 0.6 is 23.4 Å². The molecule has 7 heteroatoms. The van der Waals surface area contributed by atoms with Crippen LogP contribution < -0.4 is 0 Å². The van der Waals surface area contributed by atoms with Crippen molar-refractivity contribution in [2.75, 3.05) is 0 Å². The van der Waals surface area contributed by atoms with Crippen LogP contribution in [0.2, 0.25) is 5.02 Å².